The van der Waals surface area contributed by atoms with Crippen molar-refractivity contribution in [2.75, 3.05) is 10.6 Å². The van der Waals surface area contributed by atoms with E-state index in [4.69, 9.17) is 9.72 Å². The van der Waals surface area contributed by atoms with Gasteiger partial charge in [0.05, 0.1) is 29.5 Å². The van der Waals surface area contributed by atoms with Gasteiger partial charge in [0.2, 0.25) is 0 Å². The zero-order valence-corrected chi connectivity index (χ0v) is 17.8. The van der Waals surface area contributed by atoms with Gasteiger partial charge >= 0.3 is 6.09 Å². The van der Waals surface area contributed by atoms with Crippen molar-refractivity contribution in [1.29, 1.82) is 0 Å². The van der Waals surface area contributed by atoms with Gasteiger partial charge in [0.15, 0.2) is 0 Å². The molecule has 5 heterocycles. The van der Waals surface area contributed by atoms with Gasteiger partial charge in [-0.1, -0.05) is 0 Å². The van der Waals surface area contributed by atoms with Gasteiger partial charge in [-0.05, 0) is 45.0 Å². The molecule has 0 saturated heterocycles. The number of aromatic nitrogens is 5. The molecule has 160 valence electrons. The van der Waals surface area contributed by atoms with Gasteiger partial charge in [0.1, 0.15) is 22.9 Å². The SMILES string of the molecule is CC(C)(C)OC(=O)Nc1cnccc1-c1nc2c([nH]1)-c1ccncc1Nc1ncccc1-2. The summed E-state index contributed by atoms with van der Waals surface area (Å²) in [5.74, 6) is 1.28. The quantitative estimate of drug-likeness (QED) is 0.363. The van der Waals surface area contributed by atoms with Gasteiger partial charge in [0.25, 0.3) is 0 Å². The third-order valence-electron chi connectivity index (χ3n) is 4.82. The Morgan fingerprint density at radius 2 is 1.78 bits per heavy atom. The Morgan fingerprint density at radius 3 is 2.59 bits per heavy atom. The number of hydrogen-bond acceptors (Lipinski definition) is 7. The summed E-state index contributed by atoms with van der Waals surface area (Å²) < 4.78 is 5.39. The van der Waals surface area contributed by atoms with Crippen LogP contribution in [0.4, 0.5) is 22.0 Å². The van der Waals surface area contributed by atoms with Crippen molar-refractivity contribution in [3.8, 4) is 33.9 Å². The number of nitrogens with one attached hydrogen (secondary N) is 3. The molecule has 0 spiro atoms. The monoisotopic (exact) mass is 427 g/mol. The average molecular weight is 427 g/mol. The number of amides is 1. The summed E-state index contributed by atoms with van der Waals surface area (Å²) in [7, 11) is 0. The van der Waals surface area contributed by atoms with Gasteiger partial charge in [-0.2, -0.15) is 0 Å². The standard InChI is InChI=1S/C23H21N7O2/c1-23(2,3)32-22(31)28-17-12-25-10-7-14(17)21-29-18-13-6-9-24-11-16(13)27-20-15(19(18)30-21)5-4-8-26-20/h4-12H,1-3H3,(H,26,27)(H,28,31)(H,29,30). The number of aromatic amines is 1. The third-order valence-corrected chi connectivity index (χ3v) is 4.82. The first-order valence-corrected chi connectivity index (χ1v) is 10.1. The molecule has 0 atom stereocenters. The molecule has 0 aromatic carbocycles. The van der Waals surface area contributed by atoms with Crippen molar-refractivity contribution < 1.29 is 9.53 Å². The van der Waals surface area contributed by atoms with Crippen LogP contribution in [0.1, 0.15) is 20.8 Å². The molecule has 5 rings (SSSR count). The van der Waals surface area contributed by atoms with Gasteiger partial charge in [-0.3, -0.25) is 15.3 Å². The molecule has 0 saturated carbocycles. The second-order valence-corrected chi connectivity index (χ2v) is 8.30. The number of carbonyl (C=O) groups is 1. The first kappa shape index (κ1) is 19.7. The molecule has 0 bridgehead atoms. The third kappa shape index (κ3) is 3.64. The first-order valence-electron chi connectivity index (χ1n) is 10.1. The highest BCUT2D eigenvalue weighted by molar-refractivity contribution is 5.96. The molecule has 4 aromatic rings. The van der Waals surface area contributed by atoms with E-state index in [2.05, 4.69) is 30.6 Å². The number of nitrogens with zero attached hydrogens (tertiary/aromatic N) is 4. The largest absolute Gasteiger partial charge is 0.444 e. The summed E-state index contributed by atoms with van der Waals surface area (Å²) in [5, 5.41) is 6.12. The van der Waals surface area contributed by atoms with Gasteiger partial charge in [-0.25, -0.2) is 14.8 Å². The number of carbonyl (C=O) groups excluding carboxylic acids is 1. The molecule has 9 heteroatoms. The fourth-order valence-electron chi connectivity index (χ4n) is 3.54. The van der Waals surface area contributed by atoms with E-state index in [0.29, 0.717) is 22.9 Å². The van der Waals surface area contributed by atoms with Gasteiger partial charge in [-0.15, -0.1) is 0 Å². The lowest BCUT2D eigenvalue weighted by atomic mass is 10.1. The number of pyridine rings is 3. The van der Waals surface area contributed by atoms with E-state index in [1.165, 1.54) is 0 Å². The fraction of sp³-hybridized carbons (Fsp3) is 0.174. The molecular formula is C23H21N7O2. The van der Waals surface area contributed by atoms with Crippen LogP contribution in [0.15, 0.2) is 55.2 Å². The van der Waals surface area contributed by atoms with Crippen molar-refractivity contribution in [2.45, 2.75) is 26.4 Å². The topological polar surface area (TPSA) is 118 Å². The van der Waals surface area contributed by atoms with Crippen LogP contribution in [0.3, 0.4) is 0 Å². The number of anilines is 3. The molecule has 0 aliphatic carbocycles. The maximum Gasteiger partial charge on any atom is 0.412 e. The Labute approximate surface area is 184 Å². The van der Waals surface area contributed by atoms with Crippen LogP contribution in [0.5, 0.6) is 0 Å². The molecule has 4 aromatic heterocycles. The van der Waals surface area contributed by atoms with E-state index in [0.717, 1.165) is 28.2 Å². The van der Waals surface area contributed by atoms with Crippen molar-refractivity contribution in [3.05, 3.63) is 55.2 Å². The first-order chi connectivity index (χ1) is 15.4. The molecule has 0 fully saturated rings. The summed E-state index contributed by atoms with van der Waals surface area (Å²) in [6, 6.07) is 7.54. The molecule has 1 aliphatic rings. The minimum absolute atomic E-state index is 0.491. The lowest BCUT2D eigenvalue weighted by Crippen LogP contribution is -2.27. The Kier molecular flexibility index (Phi) is 4.58. The highest BCUT2D eigenvalue weighted by Crippen LogP contribution is 2.43. The molecule has 0 unspecified atom stereocenters. The van der Waals surface area contributed by atoms with Gasteiger partial charge < -0.3 is 15.0 Å². The zero-order chi connectivity index (χ0) is 22.3. The van der Waals surface area contributed by atoms with Crippen LogP contribution in [0.2, 0.25) is 0 Å². The minimum atomic E-state index is -0.615. The van der Waals surface area contributed by atoms with Crippen LogP contribution in [-0.4, -0.2) is 36.6 Å². The highest BCUT2D eigenvalue weighted by Gasteiger charge is 2.25. The summed E-state index contributed by atoms with van der Waals surface area (Å²) >= 11 is 0. The number of hydrogen-bond donors (Lipinski definition) is 3. The van der Waals surface area contributed by atoms with E-state index >= 15 is 0 Å². The van der Waals surface area contributed by atoms with E-state index < -0.39 is 11.7 Å². The number of rotatable bonds is 2. The normalized spacial score (nSPS) is 12.0. The Morgan fingerprint density at radius 1 is 1.00 bits per heavy atom. The second-order valence-electron chi connectivity index (χ2n) is 8.30. The van der Waals surface area contributed by atoms with E-state index in [9.17, 15) is 4.79 Å². The molecule has 3 N–H and O–H groups in total. The smallest absolute Gasteiger partial charge is 0.412 e. The highest BCUT2D eigenvalue weighted by atomic mass is 16.6. The van der Waals surface area contributed by atoms with Crippen molar-refractivity contribution in [1.82, 2.24) is 24.9 Å². The van der Waals surface area contributed by atoms with Gasteiger partial charge in [0, 0.05) is 35.3 Å². The van der Waals surface area contributed by atoms with Crippen LogP contribution < -0.4 is 10.6 Å². The molecule has 0 radical (unpaired) electrons. The predicted octanol–water partition coefficient (Wildman–Crippen LogP) is 5.00. The maximum absolute atomic E-state index is 12.4. The number of ether oxygens (including phenoxy) is 1. The summed E-state index contributed by atoms with van der Waals surface area (Å²) in [6.07, 6.45) is 7.88. The molecular weight excluding hydrogens is 406 g/mol. The zero-order valence-electron chi connectivity index (χ0n) is 17.8. The molecule has 32 heavy (non-hydrogen) atoms. The number of H-pyrrole nitrogens is 1. The predicted molar refractivity (Wildman–Crippen MR) is 121 cm³/mol. The van der Waals surface area contributed by atoms with Crippen LogP contribution >= 0.6 is 0 Å². The van der Waals surface area contributed by atoms with Crippen LogP contribution in [-0.2, 0) is 4.74 Å². The fourth-order valence-corrected chi connectivity index (χ4v) is 3.54. The van der Waals surface area contributed by atoms with Crippen LogP contribution in [0, 0.1) is 0 Å². The van der Waals surface area contributed by atoms with Crippen molar-refractivity contribution >= 4 is 23.3 Å². The van der Waals surface area contributed by atoms with Crippen molar-refractivity contribution in [2.24, 2.45) is 0 Å². The Bertz CT molecular complexity index is 1260. The lowest BCUT2D eigenvalue weighted by molar-refractivity contribution is 0.0636. The maximum atomic E-state index is 12.4. The van der Waals surface area contributed by atoms with E-state index in [-0.39, 0.29) is 0 Å². The average Bonchev–Trinajstić information content (AvgIpc) is 3.13. The lowest BCUT2D eigenvalue weighted by Gasteiger charge is -2.20. The Balaban J connectivity index is 1.62. The molecule has 1 amide bonds. The summed E-state index contributed by atoms with van der Waals surface area (Å²) in [6.45, 7) is 5.43. The van der Waals surface area contributed by atoms with E-state index in [1.54, 1.807) is 37.1 Å². The summed E-state index contributed by atoms with van der Waals surface area (Å²) in [5.41, 5.74) is 4.74. The minimum Gasteiger partial charge on any atom is -0.444 e. The summed E-state index contributed by atoms with van der Waals surface area (Å²) in [4.78, 5) is 33.5. The molecule has 9 nitrogen and oxygen atoms in total. The Hall–Kier alpha value is -4.27. The number of imidazole rings is 1. The molecule has 1 aliphatic heterocycles. The number of fused-ring (bicyclic) bond motifs is 5. The van der Waals surface area contributed by atoms with E-state index in [1.807, 2.05) is 39.0 Å². The second kappa shape index (κ2) is 7.45. The van der Waals surface area contributed by atoms with Crippen molar-refractivity contribution in [3.63, 3.8) is 0 Å². The van der Waals surface area contributed by atoms with Crippen LogP contribution in [0.25, 0.3) is 33.9 Å².